The van der Waals surface area contributed by atoms with Crippen LogP contribution in [0.15, 0.2) is 30.7 Å². The zero-order chi connectivity index (χ0) is 11.9. The molecule has 0 radical (unpaired) electrons. The third kappa shape index (κ3) is 3.46. The van der Waals surface area contributed by atoms with Crippen LogP contribution in [-0.4, -0.2) is 24.7 Å². The minimum Gasteiger partial charge on any atom is -0.497 e. The number of ether oxygens (including phenoxy) is 2. The Kier molecular flexibility index (Phi) is 4.38. The zero-order valence-electron chi connectivity index (χ0n) is 10.1. The lowest BCUT2D eigenvalue weighted by molar-refractivity contribution is 0.122. The van der Waals surface area contributed by atoms with Gasteiger partial charge in [0.05, 0.1) is 13.4 Å². The Morgan fingerprint density at radius 2 is 2.53 bits per heavy atom. The van der Waals surface area contributed by atoms with Gasteiger partial charge >= 0.3 is 0 Å². The Morgan fingerprint density at radius 3 is 3.29 bits per heavy atom. The number of hydrogen-bond acceptors (Lipinski definition) is 4. The van der Waals surface area contributed by atoms with Gasteiger partial charge in [-0.25, -0.2) is 4.98 Å². The molecule has 0 aromatic carbocycles. The van der Waals surface area contributed by atoms with Crippen LogP contribution in [-0.2, 0) is 11.3 Å². The number of nitrogens with zero attached hydrogens (tertiary/aromatic N) is 1. The highest BCUT2D eigenvalue weighted by atomic mass is 16.5. The monoisotopic (exact) mass is 234 g/mol. The molecule has 0 saturated carbocycles. The van der Waals surface area contributed by atoms with Gasteiger partial charge in [0, 0.05) is 24.8 Å². The molecule has 17 heavy (non-hydrogen) atoms. The van der Waals surface area contributed by atoms with Crippen LogP contribution in [0, 0.1) is 0 Å². The highest BCUT2D eigenvalue weighted by Gasteiger charge is 2.10. The third-order valence-electron chi connectivity index (χ3n) is 2.75. The van der Waals surface area contributed by atoms with E-state index in [-0.39, 0.29) is 6.10 Å². The first-order valence-corrected chi connectivity index (χ1v) is 5.89. The average molecular weight is 234 g/mol. The number of allylic oxidation sites excluding steroid dienone is 1. The maximum Gasteiger partial charge on any atom is 0.217 e. The maximum absolute atomic E-state index is 5.48. The third-order valence-corrected chi connectivity index (χ3v) is 2.75. The summed E-state index contributed by atoms with van der Waals surface area (Å²) in [7, 11) is 1.64. The Morgan fingerprint density at radius 1 is 1.59 bits per heavy atom. The first kappa shape index (κ1) is 11.9. The second-order valence-corrected chi connectivity index (χ2v) is 4.01. The van der Waals surface area contributed by atoms with E-state index in [1.165, 1.54) is 0 Å². The first-order valence-electron chi connectivity index (χ1n) is 5.89. The minimum atomic E-state index is 0.280. The van der Waals surface area contributed by atoms with Crippen molar-refractivity contribution in [3.8, 4) is 5.88 Å². The highest BCUT2D eigenvalue weighted by Crippen LogP contribution is 2.13. The summed E-state index contributed by atoms with van der Waals surface area (Å²) in [5.41, 5.74) is 1.07. The van der Waals surface area contributed by atoms with Crippen LogP contribution in [0.1, 0.15) is 18.4 Å². The van der Waals surface area contributed by atoms with Gasteiger partial charge in [-0.3, -0.25) is 0 Å². The van der Waals surface area contributed by atoms with E-state index in [4.69, 9.17) is 9.47 Å². The fraction of sp³-hybridized carbons (Fsp3) is 0.462. The van der Waals surface area contributed by atoms with E-state index in [1.807, 2.05) is 12.1 Å². The van der Waals surface area contributed by atoms with Crippen molar-refractivity contribution in [2.45, 2.75) is 25.5 Å². The Balaban J connectivity index is 1.79. The van der Waals surface area contributed by atoms with Crippen molar-refractivity contribution >= 4 is 0 Å². The molecule has 1 aromatic heterocycles. The van der Waals surface area contributed by atoms with Gasteiger partial charge in [0.2, 0.25) is 5.88 Å². The molecule has 1 aliphatic heterocycles. The van der Waals surface area contributed by atoms with Crippen LogP contribution in [0.4, 0.5) is 0 Å². The molecule has 1 aliphatic rings. The normalized spacial score (nSPS) is 18.8. The van der Waals surface area contributed by atoms with E-state index in [9.17, 15) is 0 Å². The molecule has 4 heteroatoms. The van der Waals surface area contributed by atoms with Gasteiger partial charge in [-0.2, -0.15) is 0 Å². The van der Waals surface area contributed by atoms with Crippen LogP contribution in [0.2, 0.25) is 0 Å². The number of nitrogens with one attached hydrogen (secondary N) is 1. The number of hydrogen-bond donors (Lipinski definition) is 1. The largest absolute Gasteiger partial charge is 0.497 e. The van der Waals surface area contributed by atoms with E-state index in [0.29, 0.717) is 5.88 Å². The summed E-state index contributed by atoms with van der Waals surface area (Å²) >= 11 is 0. The van der Waals surface area contributed by atoms with E-state index in [1.54, 1.807) is 19.6 Å². The van der Waals surface area contributed by atoms with E-state index in [2.05, 4.69) is 16.4 Å². The van der Waals surface area contributed by atoms with Crippen molar-refractivity contribution < 1.29 is 9.47 Å². The summed E-state index contributed by atoms with van der Waals surface area (Å²) < 4.78 is 10.7. The molecule has 2 heterocycles. The van der Waals surface area contributed by atoms with Crippen LogP contribution in [0.25, 0.3) is 0 Å². The Labute approximate surface area is 102 Å². The van der Waals surface area contributed by atoms with Crippen LogP contribution < -0.4 is 10.1 Å². The van der Waals surface area contributed by atoms with Crippen LogP contribution >= 0.6 is 0 Å². The summed E-state index contributed by atoms with van der Waals surface area (Å²) in [5.74, 6) is 0.685. The zero-order valence-corrected chi connectivity index (χ0v) is 10.1. The summed E-state index contributed by atoms with van der Waals surface area (Å²) in [6.45, 7) is 1.60. The highest BCUT2D eigenvalue weighted by molar-refractivity contribution is 5.24. The van der Waals surface area contributed by atoms with Crippen molar-refractivity contribution in [3.63, 3.8) is 0 Å². The Hall–Kier alpha value is -1.55. The predicted octanol–water partition coefficient (Wildman–Crippen LogP) is 1.87. The molecule has 0 bridgehead atoms. The average Bonchev–Trinajstić information content (AvgIpc) is 2.40. The van der Waals surface area contributed by atoms with Gasteiger partial charge in [-0.1, -0.05) is 6.07 Å². The number of rotatable bonds is 5. The van der Waals surface area contributed by atoms with E-state index in [0.717, 1.165) is 31.5 Å². The molecule has 0 amide bonds. The van der Waals surface area contributed by atoms with Gasteiger partial charge in [-0.05, 0) is 25.0 Å². The smallest absolute Gasteiger partial charge is 0.217 e. The SMILES string of the molecule is COc1ncccc1CNC[C@H]1CCC=CO1. The lowest BCUT2D eigenvalue weighted by Crippen LogP contribution is -2.28. The molecule has 0 saturated heterocycles. The fourth-order valence-corrected chi connectivity index (χ4v) is 1.85. The van der Waals surface area contributed by atoms with E-state index < -0.39 is 0 Å². The van der Waals surface area contributed by atoms with E-state index >= 15 is 0 Å². The second-order valence-electron chi connectivity index (χ2n) is 4.01. The van der Waals surface area contributed by atoms with Crippen molar-refractivity contribution in [2.24, 2.45) is 0 Å². The van der Waals surface area contributed by atoms with Gasteiger partial charge in [0.1, 0.15) is 6.10 Å². The maximum atomic E-state index is 5.48. The van der Waals surface area contributed by atoms with Crippen molar-refractivity contribution in [2.75, 3.05) is 13.7 Å². The lowest BCUT2D eigenvalue weighted by Gasteiger charge is -2.19. The topological polar surface area (TPSA) is 43.4 Å². The predicted molar refractivity (Wildman–Crippen MR) is 65.7 cm³/mol. The molecular weight excluding hydrogens is 216 g/mol. The van der Waals surface area contributed by atoms with Gasteiger partial charge in [0.25, 0.3) is 0 Å². The molecule has 4 nitrogen and oxygen atoms in total. The number of aromatic nitrogens is 1. The molecule has 1 atom stereocenters. The lowest BCUT2D eigenvalue weighted by atomic mass is 10.1. The van der Waals surface area contributed by atoms with Crippen LogP contribution in [0.3, 0.4) is 0 Å². The summed E-state index contributed by atoms with van der Waals surface area (Å²) in [4.78, 5) is 4.16. The van der Waals surface area contributed by atoms with Gasteiger partial charge in [-0.15, -0.1) is 0 Å². The summed E-state index contributed by atoms with van der Waals surface area (Å²) in [6.07, 6.45) is 8.04. The molecule has 92 valence electrons. The van der Waals surface area contributed by atoms with Crippen molar-refractivity contribution in [1.82, 2.24) is 10.3 Å². The van der Waals surface area contributed by atoms with Crippen molar-refractivity contribution in [3.05, 3.63) is 36.2 Å². The minimum absolute atomic E-state index is 0.280. The summed E-state index contributed by atoms with van der Waals surface area (Å²) in [5, 5.41) is 3.37. The fourth-order valence-electron chi connectivity index (χ4n) is 1.85. The molecule has 0 unspecified atom stereocenters. The number of pyridine rings is 1. The summed E-state index contributed by atoms with van der Waals surface area (Å²) in [6, 6.07) is 3.93. The first-order chi connectivity index (χ1) is 8.40. The van der Waals surface area contributed by atoms with Gasteiger partial charge in [0.15, 0.2) is 0 Å². The van der Waals surface area contributed by atoms with Crippen molar-refractivity contribution in [1.29, 1.82) is 0 Å². The molecule has 0 fully saturated rings. The standard InChI is InChI=1S/C13H18N2O2/c1-16-13-11(5-4-7-15-13)9-14-10-12-6-2-3-8-17-12/h3-5,7-8,12,14H,2,6,9-10H2,1H3/t12-/m1/s1. The molecular formula is C13H18N2O2. The molecule has 2 rings (SSSR count). The van der Waals surface area contributed by atoms with Gasteiger partial charge < -0.3 is 14.8 Å². The molecule has 1 aromatic rings. The van der Waals surface area contributed by atoms with Crippen LogP contribution in [0.5, 0.6) is 5.88 Å². The number of methoxy groups -OCH3 is 1. The quantitative estimate of drug-likeness (QED) is 0.844. The Bertz CT molecular complexity index is 379. The molecule has 1 N–H and O–H groups in total. The molecule has 0 aliphatic carbocycles. The second kappa shape index (κ2) is 6.25. The molecule has 0 spiro atoms.